The van der Waals surface area contributed by atoms with Gasteiger partial charge >= 0.3 is 0 Å². The van der Waals surface area contributed by atoms with Gasteiger partial charge in [-0.2, -0.15) is 0 Å². The third-order valence-corrected chi connectivity index (χ3v) is 4.79. The zero-order valence-electron chi connectivity index (χ0n) is 15.9. The first kappa shape index (κ1) is 19.4. The minimum absolute atomic E-state index is 0.238. The molecular weight excluding hydrogens is 364 g/mol. The molecular formula is C20H25ClN4O2. The highest BCUT2D eigenvalue weighted by Crippen LogP contribution is 2.22. The Morgan fingerprint density at radius 3 is 2.63 bits per heavy atom. The first-order valence-corrected chi connectivity index (χ1v) is 9.57. The number of nitrogens with zero attached hydrogens (tertiary/aromatic N) is 2. The summed E-state index contributed by atoms with van der Waals surface area (Å²) in [6.45, 7) is 6.77. The molecule has 0 spiro atoms. The molecule has 0 unspecified atom stereocenters. The lowest BCUT2D eigenvalue weighted by molar-refractivity contribution is 0.0913. The third-order valence-electron chi connectivity index (χ3n) is 4.42. The average molecular weight is 389 g/mol. The lowest BCUT2D eigenvalue weighted by Gasteiger charge is -2.21. The molecule has 0 aliphatic carbocycles. The quantitative estimate of drug-likeness (QED) is 0.843. The van der Waals surface area contributed by atoms with Gasteiger partial charge in [-0.05, 0) is 51.7 Å². The number of hydrogen-bond donors (Lipinski definition) is 2. The molecule has 1 aromatic heterocycles. The van der Waals surface area contributed by atoms with Gasteiger partial charge in [0.1, 0.15) is 5.69 Å². The van der Waals surface area contributed by atoms with E-state index in [0.717, 1.165) is 30.5 Å². The van der Waals surface area contributed by atoms with Crippen LogP contribution in [0.2, 0.25) is 5.02 Å². The zero-order valence-corrected chi connectivity index (χ0v) is 16.7. The maximum atomic E-state index is 12.8. The molecule has 0 radical (unpaired) electrons. The van der Waals surface area contributed by atoms with Crippen LogP contribution in [0.1, 0.15) is 66.0 Å². The number of carbonyl (C=O) groups excluding carboxylic acids is 2. The first-order chi connectivity index (χ1) is 12.8. The second kappa shape index (κ2) is 7.72. The molecule has 1 aromatic carbocycles. The molecule has 7 heteroatoms. The summed E-state index contributed by atoms with van der Waals surface area (Å²) in [5, 5.41) is 6.41. The summed E-state index contributed by atoms with van der Waals surface area (Å²) < 4.78 is 1.88. The second-order valence-electron chi connectivity index (χ2n) is 7.82. The van der Waals surface area contributed by atoms with E-state index in [9.17, 15) is 9.59 Å². The van der Waals surface area contributed by atoms with Crippen LogP contribution in [-0.4, -0.2) is 26.9 Å². The fraction of sp³-hybridized carbons (Fsp3) is 0.450. The third kappa shape index (κ3) is 4.50. The summed E-state index contributed by atoms with van der Waals surface area (Å²) >= 11 is 6.15. The summed E-state index contributed by atoms with van der Waals surface area (Å²) in [4.78, 5) is 29.8. The van der Waals surface area contributed by atoms with Gasteiger partial charge in [0.05, 0.1) is 5.69 Å². The van der Waals surface area contributed by atoms with E-state index >= 15 is 0 Å². The standard InChI is InChI=1S/C20H25ClN4O2/c1-20(2,3)24-18(26)16-15-10-6-7-11-25(15)17(23-16)19(27)22-12-13-8-4-5-9-14(13)21/h4-5,8-9H,6-7,10-12H2,1-3H3,(H,22,27)(H,24,26). The number of aromatic nitrogens is 2. The van der Waals surface area contributed by atoms with Crippen molar-refractivity contribution in [1.29, 1.82) is 0 Å². The molecule has 0 saturated carbocycles. The van der Waals surface area contributed by atoms with E-state index in [-0.39, 0.29) is 23.2 Å². The van der Waals surface area contributed by atoms with Gasteiger partial charge in [-0.1, -0.05) is 29.8 Å². The summed E-state index contributed by atoms with van der Waals surface area (Å²) in [5.74, 6) is -0.248. The predicted molar refractivity (Wildman–Crippen MR) is 105 cm³/mol. The first-order valence-electron chi connectivity index (χ1n) is 9.20. The van der Waals surface area contributed by atoms with Crippen LogP contribution in [0.5, 0.6) is 0 Å². The monoisotopic (exact) mass is 388 g/mol. The van der Waals surface area contributed by atoms with Gasteiger partial charge in [0.2, 0.25) is 0 Å². The fourth-order valence-corrected chi connectivity index (χ4v) is 3.40. The van der Waals surface area contributed by atoms with Crippen LogP contribution < -0.4 is 10.6 Å². The number of fused-ring (bicyclic) bond motifs is 1. The second-order valence-corrected chi connectivity index (χ2v) is 8.22. The largest absolute Gasteiger partial charge is 0.346 e. The van der Waals surface area contributed by atoms with Crippen molar-refractivity contribution in [1.82, 2.24) is 20.2 Å². The maximum absolute atomic E-state index is 12.8. The fourth-order valence-electron chi connectivity index (χ4n) is 3.19. The molecule has 2 amide bonds. The molecule has 0 fully saturated rings. The SMILES string of the molecule is CC(C)(C)NC(=O)c1nc(C(=O)NCc2ccccc2Cl)n2c1CCCC2. The van der Waals surface area contributed by atoms with Crippen LogP contribution in [-0.2, 0) is 19.5 Å². The number of benzene rings is 1. The van der Waals surface area contributed by atoms with Crippen LogP contribution in [0.25, 0.3) is 0 Å². The Morgan fingerprint density at radius 2 is 1.93 bits per heavy atom. The highest BCUT2D eigenvalue weighted by molar-refractivity contribution is 6.31. The topological polar surface area (TPSA) is 76.0 Å². The normalized spacial score (nSPS) is 13.8. The number of hydrogen-bond acceptors (Lipinski definition) is 3. The summed E-state index contributed by atoms with van der Waals surface area (Å²) in [6.07, 6.45) is 2.70. The van der Waals surface area contributed by atoms with E-state index in [4.69, 9.17) is 11.6 Å². The van der Waals surface area contributed by atoms with E-state index in [2.05, 4.69) is 15.6 Å². The van der Waals surface area contributed by atoms with Gasteiger partial charge in [0.25, 0.3) is 11.8 Å². The summed E-state index contributed by atoms with van der Waals surface area (Å²) in [6, 6.07) is 7.37. The van der Waals surface area contributed by atoms with E-state index in [1.807, 2.05) is 43.5 Å². The summed E-state index contributed by atoms with van der Waals surface area (Å²) in [5.41, 5.74) is 1.66. The van der Waals surface area contributed by atoms with Gasteiger partial charge in [-0.25, -0.2) is 4.98 Å². The summed E-state index contributed by atoms with van der Waals surface area (Å²) in [7, 11) is 0. The highest BCUT2D eigenvalue weighted by atomic mass is 35.5. The van der Waals surface area contributed by atoms with Gasteiger partial charge in [-0.3, -0.25) is 9.59 Å². The molecule has 1 aliphatic rings. The number of rotatable bonds is 4. The van der Waals surface area contributed by atoms with Gasteiger partial charge in [0, 0.05) is 23.7 Å². The molecule has 2 aromatic rings. The maximum Gasteiger partial charge on any atom is 0.287 e. The Kier molecular flexibility index (Phi) is 5.56. The molecule has 0 bridgehead atoms. The minimum atomic E-state index is -0.366. The molecule has 2 heterocycles. The van der Waals surface area contributed by atoms with Crippen molar-refractivity contribution in [2.24, 2.45) is 0 Å². The van der Waals surface area contributed by atoms with Gasteiger partial charge in [0.15, 0.2) is 5.82 Å². The molecule has 27 heavy (non-hydrogen) atoms. The number of carbonyl (C=O) groups is 2. The number of amides is 2. The van der Waals surface area contributed by atoms with Crippen LogP contribution in [0.3, 0.4) is 0 Å². The van der Waals surface area contributed by atoms with Crippen molar-refractivity contribution in [3.05, 3.63) is 52.1 Å². The Labute approximate surface area is 164 Å². The zero-order chi connectivity index (χ0) is 19.6. The average Bonchev–Trinajstić information content (AvgIpc) is 2.99. The predicted octanol–water partition coefficient (Wildman–Crippen LogP) is 3.33. The molecule has 1 aliphatic heterocycles. The molecule has 6 nitrogen and oxygen atoms in total. The van der Waals surface area contributed by atoms with E-state index < -0.39 is 0 Å². The van der Waals surface area contributed by atoms with E-state index in [0.29, 0.717) is 23.8 Å². The number of imidazole rings is 1. The Balaban J connectivity index is 1.83. The van der Waals surface area contributed by atoms with Crippen molar-refractivity contribution in [2.75, 3.05) is 0 Å². The molecule has 2 N–H and O–H groups in total. The van der Waals surface area contributed by atoms with Gasteiger partial charge in [-0.15, -0.1) is 0 Å². The van der Waals surface area contributed by atoms with Crippen molar-refractivity contribution in [3.63, 3.8) is 0 Å². The number of nitrogens with one attached hydrogen (secondary N) is 2. The van der Waals surface area contributed by atoms with Gasteiger partial charge < -0.3 is 15.2 Å². The Hall–Kier alpha value is -2.34. The molecule has 0 saturated heterocycles. The van der Waals surface area contributed by atoms with Crippen LogP contribution in [0.15, 0.2) is 24.3 Å². The van der Waals surface area contributed by atoms with Crippen molar-refractivity contribution >= 4 is 23.4 Å². The molecule has 0 atom stereocenters. The molecule has 3 rings (SSSR count). The Bertz CT molecular complexity index is 867. The molecule has 144 valence electrons. The van der Waals surface area contributed by atoms with Crippen LogP contribution in [0.4, 0.5) is 0 Å². The minimum Gasteiger partial charge on any atom is -0.346 e. The number of halogens is 1. The van der Waals surface area contributed by atoms with Crippen molar-refractivity contribution in [2.45, 2.75) is 58.7 Å². The van der Waals surface area contributed by atoms with Crippen LogP contribution >= 0.6 is 11.6 Å². The van der Waals surface area contributed by atoms with E-state index in [1.54, 1.807) is 6.07 Å². The van der Waals surface area contributed by atoms with Crippen molar-refractivity contribution < 1.29 is 9.59 Å². The van der Waals surface area contributed by atoms with E-state index in [1.165, 1.54) is 0 Å². The lowest BCUT2D eigenvalue weighted by Crippen LogP contribution is -2.41. The Morgan fingerprint density at radius 1 is 1.19 bits per heavy atom. The lowest BCUT2D eigenvalue weighted by atomic mass is 10.1. The van der Waals surface area contributed by atoms with Crippen LogP contribution in [0, 0.1) is 0 Å². The van der Waals surface area contributed by atoms with Crippen molar-refractivity contribution in [3.8, 4) is 0 Å². The smallest absolute Gasteiger partial charge is 0.287 e. The highest BCUT2D eigenvalue weighted by Gasteiger charge is 2.28.